The zero-order chi connectivity index (χ0) is 29.4. The number of carbonyl (C=O) groups is 2. The minimum atomic E-state index is -0.940. The van der Waals surface area contributed by atoms with E-state index >= 15 is 0 Å². The minimum Gasteiger partial charge on any atom is -0.481 e. The lowest BCUT2D eigenvalue weighted by molar-refractivity contribution is -0.436. The van der Waals surface area contributed by atoms with Crippen molar-refractivity contribution in [3.8, 4) is 11.8 Å². The van der Waals surface area contributed by atoms with Gasteiger partial charge in [0.2, 0.25) is 5.69 Å². The normalized spacial score (nSPS) is 14.7. The van der Waals surface area contributed by atoms with Gasteiger partial charge in [0.25, 0.3) is 0 Å². The molecule has 3 N–H and O–H groups in total. The third-order valence-corrected chi connectivity index (χ3v) is 6.88. The van der Waals surface area contributed by atoms with Crippen molar-refractivity contribution in [3.63, 3.8) is 0 Å². The fourth-order valence-corrected chi connectivity index (χ4v) is 4.99. The van der Waals surface area contributed by atoms with Gasteiger partial charge in [-0.05, 0) is 61.0 Å². The summed E-state index contributed by atoms with van der Waals surface area (Å²) in [6, 6.07) is 23.4. The van der Waals surface area contributed by atoms with Gasteiger partial charge in [0.15, 0.2) is 18.1 Å². The Balaban J connectivity index is 1.69. The van der Waals surface area contributed by atoms with Crippen molar-refractivity contribution >= 4 is 34.1 Å². The van der Waals surface area contributed by atoms with Crippen molar-refractivity contribution in [3.05, 3.63) is 108 Å². The summed E-state index contributed by atoms with van der Waals surface area (Å²) in [5.74, 6) is -0.963. The lowest BCUT2D eigenvalue weighted by Gasteiger charge is -2.17. The Morgan fingerprint density at radius 1 is 0.976 bits per heavy atom. The van der Waals surface area contributed by atoms with Crippen LogP contribution in [-0.4, -0.2) is 45.5 Å². The molecule has 0 fully saturated rings. The van der Waals surface area contributed by atoms with Crippen molar-refractivity contribution in [1.82, 2.24) is 5.32 Å². The van der Waals surface area contributed by atoms with Gasteiger partial charge in [0.1, 0.15) is 12.2 Å². The lowest BCUT2D eigenvalue weighted by Crippen LogP contribution is -2.28. The molecule has 3 aromatic rings. The first-order valence-corrected chi connectivity index (χ1v) is 13.3. The van der Waals surface area contributed by atoms with Crippen LogP contribution in [0.2, 0.25) is 0 Å². The standard InChI is InChI=1S/C33H31N3O5/c1-33(2)28(36(21-19-31(39)40)27-15-14-24-8-6-7-11-26(24)32(27)33)16-12-23(22-34)13-17-29(35-20-18-30(37)38)41-25-9-4-3-5-10-25/h3-17H,18-21H2,1-2H3,(H2,37,38,39,40)/p+1. The zero-order valence-corrected chi connectivity index (χ0v) is 23.0. The van der Waals surface area contributed by atoms with Crippen LogP contribution in [0, 0.1) is 11.3 Å². The highest BCUT2D eigenvalue weighted by Crippen LogP contribution is 2.44. The predicted molar refractivity (Wildman–Crippen MR) is 157 cm³/mol. The summed E-state index contributed by atoms with van der Waals surface area (Å²) in [6.07, 6.45) is 6.62. The molecule has 1 heterocycles. The second-order valence-corrected chi connectivity index (χ2v) is 10.1. The van der Waals surface area contributed by atoms with E-state index in [2.05, 4.69) is 37.4 Å². The Morgan fingerprint density at radius 2 is 1.68 bits per heavy atom. The van der Waals surface area contributed by atoms with E-state index in [-0.39, 0.29) is 25.9 Å². The number of para-hydroxylation sites is 1. The Kier molecular flexibility index (Phi) is 9.00. The van der Waals surface area contributed by atoms with Crippen LogP contribution in [0.3, 0.4) is 0 Å². The maximum atomic E-state index is 11.5. The van der Waals surface area contributed by atoms with Gasteiger partial charge in [0, 0.05) is 24.3 Å². The van der Waals surface area contributed by atoms with Crippen LogP contribution in [-0.2, 0) is 15.0 Å². The van der Waals surface area contributed by atoms with Crippen LogP contribution >= 0.6 is 0 Å². The van der Waals surface area contributed by atoms with Gasteiger partial charge in [0.05, 0.1) is 23.5 Å². The molecule has 0 spiro atoms. The summed E-state index contributed by atoms with van der Waals surface area (Å²) in [5, 5.41) is 33.5. The van der Waals surface area contributed by atoms with Crippen molar-refractivity contribution < 1.29 is 29.1 Å². The molecule has 0 atom stereocenters. The monoisotopic (exact) mass is 550 g/mol. The number of hydrogen-bond acceptors (Lipinski definition) is 5. The van der Waals surface area contributed by atoms with E-state index in [4.69, 9.17) is 9.84 Å². The van der Waals surface area contributed by atoms with E-state index in [1.165, 1.54) is 0 Å². The van der Waals surface area contributed by atoms with E-state index < -0.39 is 17.4 Å². The molecule has 0 bridgehead atoms. The van der Waals surface area contributed by atoms with Crippen LogP contribution in [0.15, 0.2) is 102 Å². The molecule has 3 aromatic carbocycles. The topological polar surface area (TPSA) is 123 Å². The number of nitriles is 1. The number of carboxylic acids is 2. The van der Waals surface area contributed by atoms with Gasteiger partial charge >= 0.3 is 11.9 Å². The molecular formula is C33H32N3O5+. The molecule has 8 nitrogen and oxygen atoms in total. The fraction of sp³-hybridized carbons (Fsp3) is 0.212. The minimum absolute atomic E-state index is 0.0361. The van der Waals surface area contributed by atoms with E-state index in [1.807, 2.05) is 53.1 Å². The molecule has 4 rings (SSSR count). The molecule has 1 aliphatic heterocycles. The summed E-state index contributed by atoms with van der Waals surface area (Å²) < 4.78 is 7.89. The third-order valence-electron chi connectivity index (χ3n) is 6.88. The van der Waals surface area contributed by atoms with Gasteiger partial charge in [-0.15, -0.1) is 0 Å². The third kappa shape index (κ3) is 6.89. The number of carboxylic acid groups (broad SMARTS) is 2. The number of aliphatic carboxylic acids is 2. The highest BCUT2D eigenvalue weighted by atomic mass is 16.5. The molecule has 0 radical (unpaired) electrons. The number of allylic oxidation sites excluding steroid dienone is 5. The Hall–Kier alpha value is -5.16. The molecule has 8 heteroatoms. The first-order valence-electron chi connectivity index (χ1n) is 13.3. The molecule has 0 aliphatic carbocycles. The number of nitrogens with one attached hydrogen (secondary N) is 1. The Morgan fingerprint density at radius 3 is 2.39 bits per heavy atom. The van der Waals surface area contributed by atoms with Crippen molar-refractivity contribution in [2.45, 2.75) is 32.1 Å². The summed E-state index contributed by atoms with van der Waals surface area (Å²) in [6.45, 7) is 4.65. The number of hydrogen-bond donors (Lipinski definition) is 3. The number of rotatable bonds is 12. The van der Waals surface area contributed by atoms with Gasteiger partial charge in [-0.2, -0.15) is 9.84 Å². The van der Waals surface area contributed by atoms with E-state index in [0.717, 1.165) is 27.7 Å². The Bertz CT molecular complexity index is 1630. The summed E-state index contributed by atoms with van der Waals surface area (Å²) in [4.78, 5) is 22.5. The quantitative estimate of drug-likeness (QED) is 0.115. The van der Waals surface area contributed by atoms with Crippen LogP contribution in [0.25, 0.3) is 10.8 Å². The average molecular weight is 551 g/mol. The van der Waals surface area contributed by atoms with Crippen LogP contribution < -0.4 is 10.1 Å². The number of nitrogens with zero attached hydrogens (tertiary/aromatic N) is 2. The molecule has 0 saturated heterocycles. The number of ether oxygens (including phenoxy) is 1. The molecule has 41 heavy (non-hydrogen) atoms. The van der Waals surface area contributed by atoms with Crippen LogP contribution in [0.4, 0.5) is 5.69 Å². The highest BCUT2D eigenvalue weighted by Gasteiger charge is 2.45. The fourth-order valence-electron chi connectivity index (χ4n) is 4.99. The summed E-state index contributed by atoms with van der Waals surface area (Å²) in [7, 11) is 0. The smallest absolute Gasteiger partial charge is 0.309 e. The van der Waals surface area contributed by atoms with Crippen molar-refractivity contribution in [2.24, 2.45) is 0 Å². The van der Waals surface area contributed by atoms with Crippen LogP contribution in [0.5, 0.6) is 5.75 Å². The molecule has 0 unspecified atom stereocenters. The lowest BCUT2D eigenvalue weighted by atomic mass is 9.79. The summed E-state index contributed by atoms with van der Waals surface area (Å²) in [5.41, 5.74) is 2.83. The molecule has 208 valence electrons. The highest BCUT2D eigenvalue weighted by molar-refractivity contribution is 6.07. The molecule has 0 aromatic heterocycles. The molecular weight excluding hydrogens is 518 g/mol. The Labute approximate surface area is 238 Å². The second-order valence-electron chi connectivity index (χ2n) is 10.1. The maximum Gasteiger partial charge on any atom is 0.309 e. The van der Waals surface area contributed by atoms with E-state index in [1.54, 1.807) is 30.4 Å². The first kappa shape index (κ1) is 28.8. The van der Waals surface area contributed by atoms with Gasteiger partial charge in [-0.3, -0.25) is 9.59 Å². The second kappa shape index (κ2) is 12.8. The van der Waals surface area contributed by atoms with Crippen molar-refractivity contribution in [2.75, 3.05) is 13.1 Å². The summed E-state index contributed by atoms with van der Waals surface area (Å²) >= 11 is 0. The first-order chi connectivity index (χ1) is 19.7. The molecule has 0 amide bonds. The zero-order valence-electron chi connectivity index (χ0n) is 23.0. The largest absolute Gasteiger partial charge is 0.481 e. The van der Waals surface area contributed by atoms with Gasteiger partial charge in [-0.25, -0.2) is 0 Å². The van der Waals surface area contributed by atoms with E-state index in [0.29, 0.717) is 17.2 Å². The molecule has 0 saturated carbocycles. The average Bonchev–Trinajstić information content (AvgIpc) is 3.17. The predicted octanol–water partition coefficient (Wildman–Crippen LogP) is 5.68. The maximum absolute atomic E-state index is 11.5. The van der Waals surface area contributed by atoms with Gasteiger partial charge in [-0.1, -0.05) is 42.5 Å². The van der Waals surface area contributed by atoms with Crippen molar-refractivity contribution in [1.29, 1.82) is 5.26 Å². The molecule has 1 aliphatic rings. The van der Waals surface area contributed by atoms with Crippen LogP contribution in [0.1, 0.15) is 32.3 Å². The SMILES string of the molecule is CC1(C)C(C=CC(C#N)=CC=C(NCCC(=O)O)Oc2ccccc2)=[N+](CCC(=O)O)c2ccc3ccccc3c21. The number of fused-ring (bicyclic) bond motifs is 3. The van der Waals surface area contributed by atoms with Gasteiger partial charge < -0.3 is 20.3 Å². The van der Waals surface area contributed by atoms with E-state index in [9.17, 15) is 20.0 Å². The number of benzene rings is 3.